The lowest BCUT2D eigenvalue weighted by Gasteiger charge is -2.06. The molecule has 3 rings (SSSR count). The highest BCUT2D eigenvalue weighted by atomic mass is 19.1. The summed E-state index contributed by atoms with van der Waals surface area (Å²) >= 11 is 0. The number of aromatic carboxylic acids is 1. The zero-order valence-corrected chi connectivity index (χ0v) is 10.2. The van der Waals surface area contributed by atoms with Crippen LogP contribution in [0.15, 0.2) is 48.8 Å². The van der Waals surface area contributed by atoms with Gasteiger partial charge in [0.05, 0.1) is 5.56 Å². The molecule has 1 N–H and O–H groups in total. The number of carbonyl (C=O) groups is 1. The van der Waals surface area contributed by atoms with Crippen LogP contribution in [0.2, 0.25) is 0 Å². The van der Waals surface area contributed by atoms with Gasteiger partial charge in [-0.05, 0) is 17.5 Å². The highest BCUT2D eigenvalue weighted by molar-refractivity contribution is 5.95. The third-order valence-electron chi connectivity index (χ3n) is 3.01. The topological polar surface area (TPSA) is 63.1 Å². The Bertz CT molecular complexity index is 801. The predicted molar refractivity (Wildman–Crippen MR) is 71.9 cm³/mol. The van der Waals surface area contributed by atoms with E-state index in [2.05, 4.69) is 9.97 Å². The Balaban J connectivity index is 2.19. The largest absolute Gasteiger partial charge is 0.478 e. The molecular formula is C15H9FN2O2. The molecule has 20 heavy (non-hydrogen) atoms. The number of benzene rings is 2. The minimum absolute atomic E-state index is 0.0140. The zero-order valence-electron chi connectivity index (χ0n) is 10.2. The zero-order chi connectivity index (χ0) is 14.1. The molecule has 0 aliphatic rings. The van der Waals surface area contributed by atoms with Crippen LogP contribution in [0.4, 0.5) is 4.39 Å². The van der Waals surface area contributed by atoms with Crippen LogP contribution in [0.5, 0.6) is 0 Å². The van der Waals surface area contributed by atoms with Crippen molar-refractivity contribution in [3.8, 4) is 11.4 Å². The van der Waals surface area contributed by atoms with Gasteiger partial charge in [0, 0.05) is 23.3 Å². The van der Waals surface area contributed by atoms with Gasteiger partial charge >= 0.3 is 5.97 Å². The molecule has 1 aromatic heterocycles. The van der Waals surface area contributed by atoms with Gasteiger partial charge in [-0.3, -0.25) is 0 Å². The van der Waals surface area contributed by atoms with Crippen LogP contribution in [-0.2, 0) is 0 Å². The van der Waals surface area contributed by atoms with E-state index in [0.29, 0.717) is 22.2 Å². The quantitative estimate of drug-likeness (QED) is 0.775. The molecule has 0 saturated carbocycles. The third-order valence-corrected chi connectivity index (χ3v) is 3.01. The molecule has 98 valence electrons. The second-order valence-electron chi connectivity index (χ2n) is 4.24. The van der Waals surface area contributed by atoms with Crippen molar-refractivity contribution in [2.24, 2.45) is 0 Å². The first kappa shape index (κ1) is 12.2. The number of hydrogen-bond acceptors (Lipinski definition) is 3. The summed E-state index contributed by atoms with van der Waals surface area (Å²) < 4.78 is 13.7. The number of halogens is 1. The minimum Gasteiger partial charge on any atom is -0.478 e. The standard InChI is InChI=1S/C15H9FN2O2/c16-13-6-5-12(10-3-1-2-4-11(10)13)14-17-7-9(8-18-14)15(19)20/h1-8H,(H,19,20). The van der Waals surface area contributed by atoms with Crippen molar-refractivity contribution in [2.45, 2.75) is 0 Å². The summed E-state index contributed by atoms with van der Waals surface area (Å²) in [7, 11) is 0. The van der Waals surface area contributed by atoms with Crippen LogP contribution in [-0.4, -0.2) is 21.0 Å². The molecule has 5 heteroatoms. The molecule has 0 aliphatic heterocycles. The second-order valence-corrected chi connectivity index (χ2v) is 4.24. The fourth-order valence-electron chi connectivity index (χ4n) is 2.03. The lowest BCUT2D eigenvalue weighted by Crippen LogP contribution is -1.99. The summed E-state index contributed by atoms with van der Waals surface area (Å²) in [6.07, 6.45) is 2.48. The maximum Gasteiger partial charge on any atom is 0.338 e. The number of carboxylic acid groups (broad SMARTS) is 1. The van der Waals surface area contributed by atoms with E-state index in [4.69, 9.17) is 5.11 Å². The highest BCUT2D eigenvalue weighted by Gasteiger charge is 2.10. The van der Waals surface area contributed by atoms with Crippen molar-refractivity contribution in [1.29, 1.82) is 0 Å². The molecule has 0 aliphatic carbocycles. The van der Waals surface area contributed by atoms with Crippen LogP contribution in [0.1, 0.15) is 10.4 Å². The number of fused-ring (bicyclic) bond motifs is 1. The van der Waals surface area contributed by atoms with Crippen LogP contribution in [0, 0.1) is 5.82 Å². The number of carboxylic acids is 1. The molecule has 0 radical (unpaired) electrons. The van der Waals surface area contributed by atoms with E-state index in [1.165, 1.54) is 18.5 Å². The molecule has 2 aromatic carbocycles. The van der Waals surface area contributed by atoms with E-state index in [-0.39, 0.29) is 11.4 Å². The molecular weight excluding hydrogens is 259 g/mol. The number of hydrogen-bond donors (Lipinski definition) is 1. The van der Waals surface area contributed by atoms with Gasteiger partial charge in [-0.15, -0.1) is 0 Å². The molecule has 0 saturated heterocycles. The minimum atomic E-state index is -1.08. The third kappa shape index (κ3) is 1.99. The van der Waals surface area contributed by atoms with Crippen molar-refractivity contribution in [3.63, 3.8) is 0 Å². The molecule has 3 aromatic rings. The highest BCUT2D eigenvalue weighted by Crippen LogP contribution is 2.27. The average Bonchev–Trinajstić information content (AvgIpc) is 2.48. The van der Waals surface area contributed by atoms with Gasteiger partial charge in [0.1, 0.15) is 5.82 Å². The van der Waals surface area contributed by atoms with Crippen molar-refractivity contribution in [3.05, 3.63) is 60.2 Å². The predicted octanol–water partition coefficient (Wildman–Crippen LogP) is 3.13. The van der Waals surface area contributed by atoms with Gasteiger partial charge < -0.3 is 5.11 Å². The number of rotatable bonds is 2. The summed E-state index contributed by atoms with van der Waals surface area (Å²) in [5.41, 5.74) is 0.680. The van der Waals surface area contributed by atoms with Crippen molar-refractivity contribution >= 4 is 16.7 Å². The Morgan fingerprint density at radius 3 is 2.30 bits per heavy atom. The first-order valence-corrected chi connectivity index (χ1v) is 5.90. The van der Waals surface area contributed by atoms with Gasteiger partial charge in [0.2, 0.25) is 0 Å². The van der Waals surface area contributed by atoms with Crippen LogP contribution in [0.3, 0.4) is 0 Å². The summed E-state index contributed by atoms with van der Waals surface area (Å²) in [6.45, 7) is 0. The number of aromatic nitrogens is 2. The fourth-order valence-corrected chi connectivity index (χ4v) is 2.03. The van der Waals surface area contributed by atoms with E-state index in [1.54, 1.807) is 30.3 Å². The van der Waals surface area contributed by atoms with Crippen molar-refractivity contribution in [1.82, 2.24) is 9.97 Å². The van der Waals surface area contributed by atoms with E-state index >= 15 is 0 Å². The lowest BCUT2D eigenvalue weighted by molar-refractivity contribution is 0.0696. The smallest absolute Gasteiger partial charge is 0.338 e. The maximum atomic E-state index is 13.7. The number of nitrogens with zero attached hydrogens (tertiary/aromatic N) is 2. The summed E-state index contributed by atoms with van der Waals surface area (Å²) in [5, 5.41) is 10.00. The van der Waals surface area contributed by atoms with Gasteiger partial charge in [-0.25, -0.2) is 19.2 Å². The summed E-state index contributed by atoms with van der Waals surface area (Å²) in [6, 6.07) is 9.96. The summed E-state index contributed by atoms with van der Waals surface area (Å²) in [5.74, 6) is -1.03. The molecule has 0 unspecified atom stereocenters. The Hall–Kier alpha value is -2.82. The Kier molecular flexibility index (Phi) is 2.87. The lowest BCUT2D eigenvalue weighted by atomic mass is 10.0. The molecule has 0 spiro atoms. The normalized spacial score (nSPS) is 10.7. The molecule has 0 atom stereocenters. The first-order valence-electron chi connectivity index (χ1n) is 5.90. The SMILES string of the molecule is O=C(O)c1cnc(-c2ccc(F)c3ccccc23)nc1. The molecule has 0 bridgehead atoms. The second kappa shape index (κ2) is 4.70. The van der Waals surface area contributed by atoms with E-state index in [1.807, 2.05) is 0 Å². The average molecular weight is 268 g/mol. The molecule has 0 amide bonds. The first-order chi connectivity index (χ1) is 9.66. The van der Waals surface area contributed by atoms with E-state index < -0.39 is 5.97 Å². The van der Waals surface area contributed by atoms with Crippen LogP contribution in [0.25, 0.3) is 22.2 Å². The maximum absolute atomic E-state index is 13.7. The Labute approximate surface area is 113 Å². The van der Waals surface area contributed by atoms with E-state index in [9.17, 15) is 9.18 Å². The Morgan fingerprint density at radius 1 is 1.00 bits per heavy atom. The van der Waals surface area contributed by atoms with Gasteiger partial charge in [-0.1, -0.05) is 24.3 Å². The van der Waals surface area contributed by atoms with Crippen molar-refractivity contribution < 1.29 is 14.3 Å². The van der Waals surface area contributed by atoms with Crippen LogP contribution < -0.4 is 0 Å². The van der Waals surface area contributed by atoms with Gasteiger partial charge in [-0.2, -0.15) is 0 Å². The van der Waals surface area contributed by atoms with Crippen molar-refractivity contribution in [2.75, 3.05) is 0 Å². The molecule has 0 fully saturated rings. The monoisotopic (exact) mass is 268 g/mol. The Morgan fingerprint density at radius 2 is 1.65 bits per heavy atom. The van der Waals surface area contributed by atoms with Crippen LogP contribution >= 0.6 is 0 Å². The van der Waals surface area contributed by atoms with E-state index in [0.717, 1.165) is 0 Å². The molecule has 1 heterocycles. The molecule has 4 nitrogen and oxygen atoms in total. The van der Waals surface area contributed by atoms with Gasteiger partial charge in [0.25, 0.3) is 0 Å². The summed E-state index contributed by atoms with van der Waals surface area (Å²) in [4.78, 5) is 18.8. The van der Waals surface area contributed by atoms with Gasteiger partial charge in [0.15, 0.2) is 5.82 Å². The fraction of sp³-hybridized carbons (Fsp3) is 0.